The number of hydrogen-bond acceptors (Lipinski definition) is 4. The molecule has 7 heteroatoms. The van der Waals surface area contributed by atoms with Crippen molar-refractivity contribution in [2.24, 2.45) is 11.8 Å². The predicted molar refractivity (Wildman–Crippen MR) is 129 cm³/mol. The Hall–Kier alpha value is -3.35. The van der Waals surface area contributed by atoms with E-state index in [9.17, 15) is 19.5 Å². The fourth-order valence-corrected chi connectivity index (χ4v) is 6.47. The zero-order chi connectivity index (χ0) is 24.1. The van der Waals surface area contributed by atoms with Crippen molar-refractivity contribution in [2.75, 3.05) is 6.61 Å². The van der Waals surface area contributed by atoms with Crippen LogP contribution in [0, 0.1) is 11.8 Å². The molecule has 182 valence electrons. The number of nitrogens with zero attached hydrogens (tertiary/aromatic N) is 1. The molecular formula is C28H30N2O5. The van der Waals surface area contributed by atoms with Crippen LogP contribution in [0.4, 0.5) is 4.79 Å². The summed E-state index contributed by atoms with van der Waals surface area (Å²) in [6, 6.07) is 15.4. The molecule has 0 aromatic heterocycles. The highest BCUT2D eigenvalue weighted by Crippen LogP contribution is 2.45. The van der Waals surface area contributed by atoms with E-state index in [0.29, 0.717) is 25.2 Å². The third-order valence-corrected chi connectivity index (χ3v) is 8.31. The van der Waals surface area contributed by atoms with Crippen LogP contribution in [0.1, 0.15) is 55.6 Å². The van der Waals surface area contributed by atoms with Gasteiger partial charge in [0.2, 0.25) is 5.91 Å². The summed E-state index contributed by atoms with van der Waals surface area (Å²) in [7, 11) is 0. The van der Waals surface area contributed by atoms with E-state index in [1.54, 1.807) is 4.90 Å². The van der Waals surface area contributed by atoms with Crippen LogP contribution in [0.25, 0.3) is 11.1 Å². The largest absolute Gasteiger partial charge is 0.481 e. The van der Waals surface area contributed by atoms with Crippen LogP contribution in [0.15, 0.2) is 48.5 Å². The van der Waals surface area contributed by atoms with Gasteiger partial charge >= 0.3 is 12.1 Å². The van der Waals surface area contributed by atoms with Crippen molar-refractivity contribution in [3.05, 3.63) is 59.7 Å². The number of fused-ring (bicyclic) bond motifs is 5. The number of aliphatic carboxylic acids is 1. The zero-order valence-electron chi connectivity index (χ0n) is 19.6. The second-order valence-corrected chi connectivity index (χ2v) is 10.4. The van der Waals surface area contributed by atoms with Crippen molar-refractivity contribution in [1.29, 1.82) is 0 Å². The van der Waals surface area contributed by atoms with Crippen LogP contribution >= 0.6 is 0 Å². The molecular weight excluding hydrogens is 444 g/mol. The lowest BCUT2D eigenvalue weighted by Crippen LogP contribution is -2.51. The molecule has 1 unspecified atom stereocenters. The Bertz CT molecular complexity index is 1130. The number of ether oxygens (including phenoxy) is 1. The number of carboxylic acids is 1. The molecule has 2 N–H and O–H groups in total. The number of carbonyl (C=O) groups excluding carboxylic acids is 2. The molecule has 2 bridgehead atoms. The summed E-state index contributed by atoms with van der Waals surface area (Å²) in [5.74, 6) is -1.11. The van der Waals surface area contributed by atoms with Crippen LogP contribution in [-0.4, -0.2) is 52.7 Å². The predicted octanol–water partition coefficient (Wildman–Crippen LogP) is 4.16. The number of alkyl carbamates (subject to hydrolysis) is 1. The van der Waals surface area contributed by atoms with Crippen molar-refractivity contribution in [2.45, 2.75) is 62.6 Å². The molecule has 1 saturated carbocycles. The number of rotatable bonds is 7. The van der Waals surface area contributed by atoms with E-state index >= 15 is 0 Å². The average molecular weight is 475 g/mol. The van der Waals surface area contributed by atoms with Gasteiger partial charge in [0.25, 0.3) is 0 Å². The second kappa shape index (κ2) is 8.70. The molecule has 4 atom stereocenters. The van der Waals surface area contributed by atoms with E-state index in [1.807, 2.05) is 24.3 Å². The Morgan fingerprint density at radius 1 is 0.971 bits per heavy atom. The van der Waals surface area contributed by atoms with Gasteiger partial charge in [0, 0.05) is 18.0 Å². The third-order valence-electron chi connectivity index (χ3n) is 8.31. The fourth-order valence-electron chi connectivity index (χ4n) is 6.47. The van der Waals surface area contributed by atoms with Crippen molar-refractivity contribution in [3.8, 4) is 11.1 Å². The maximum Gasteiger partial charge on any atom is 0.407 e. The molecule has 2 amide bonds. The van der Waals surface area contributed by atoms with Gasteiger partial charge < -0.3 is 20.1 Å². The number of amides is 2. The minimum Gasteiger partial charge on any atom is -0.481 e. The van der Waals surface area contributed by atoms with Gasteiger partial charge in [-0.1, -0.05) is 61.4 Å². The quantitative estimate of drug-likeness (QED) is 0.628. The maximum absolute atomic E-state index is 13.5. The zero-order valence-corrected chi connectivity index (χ0v) is 19.6. The Morgan fingerprint density at radius 2 is 1.63 bits per heavy atom. The molecule has 3 fully saturated rings. The highest BCUT2D eigenvalue weighted by atomic mass is 16.5. The van der Waals surface area contributed by atoms with Crippen LogP contribution in [0.2, 0.25) is 0 Å². The van der Waals surface area contributed by atoms with Crippen molar-refractivity contribution in [3.63, 3.8) is 0 Å². The summed E-state index contributed by atoms with van der Waals surface area (Å²) in [4.78, 5) is 39.8. The normalized spacial score (nSPS) is 25.1. The molecule has 6 rings (SSSR count). The molecule has 2 aliphatic heterocycles. The van der Waals surface area contributed by atoms with Crippen LogP contribution in [0.5, 0.6) is 0 Å². The van der Waals surface area contributed by atoms with E-state index in [-0.39, 0.29) is 30.5 Å². The van der Waals surface area contributed by atoms with Gasteiger partial charge in [-0.15, -0.1) is 0 Å². The number of benzene rings is 2. The first-order chi connectivity index (χ1) is 17.0. The van der Waals surface area contributed by atoms with E-state index < -0.39 is 24.0 Å². The topological polar surface area (TPSA) is 95.9 Å². The SMILES string of the molecule is O=C(NC(CC1CC1)C(=O)N1[C@H]2CC[C@@H]1[C@H](C(=O)O)C2)OCC1c2ccccc2-c2ccccc21. The van der Waals surface area contributed by atoms with Crippen LogP contribution < -0.4 is 5.32 Å². The minimum atomic E-state index is -0.835. The smallest absolute Gasteiger partial charge is 0.407 e. The van der Waals surface area contributed by atoms with Gasteiger partial charge in [0.15, 0.2) is 0 Å². The summed E-state index contributed by atoms with van der Waals surface area (Å²) in [6.45, 7) is 0.195. The number of nitrogens with one attached hydrogen (secondary N) is 1. The van der Waals surface area contributed by atoms with Crippen LogP contribution in [0.3, 0.4) is 0 Å². The Kier molecular flexibility index (Phi) is 5.50. The number of carbonyl (C=O) groups is 3. The molecule has 0 radical (unpaired) electrons. The molecule has 7 nitrogen and oxygen atoms in total. The van der Waals surface area contributed by atoms with E-state index in [0.717, 1.165) is 41.5 Å². The summed E-state index contributed by atoms with van der Waals surface area (Å²) in [5.41, 5.74) is 4.61. The molecule has 2 aromatic carbocycles. The van der Waals surface area contributed by atoms with Crippen molar-refractivity contribution in [1.82, 2.24) is 10.2 Å². The lowest BCUT2D eigenvalue weighted by molar-refractivity contribution is -0.143. The summed E-state index contributed by atoms with van der Waals surface area (Å²) in [6.07, 6.45) is 4.16. The van der Waals surface area contributed by atoms with Gasteiger partial charge in [0.1, 0.15) is 12.6 Å². The van der Waals surface area contributed by atoms with Gasteiger partial charge in [-0.05, 0) is 53.9 Å². The molecule has 2 saturated heterocycles. The van der Waals surface area contributed by atoms with Gasteiger partial charge in [-0.25, -0.2) is 4.79 Å². The fraction of sp³-hybridized carbons (Fsp3) is 0.464. The second-order valence-electron chi connectivity index (χ2n) is 10.4. The lowest BCUT2D eigenvalue weighted by Gasteiger charge is -2.28. The molecule has 2 aliphatic carbocycles. The third kappa shape index (κ3) is 3.97. The first kappa shape index (κ1) is 22.1. The van der Waals surface area contributed by atoms with Gasteiger partial charge in [-0.3, -0.25) is 9.59 Å². The van der Waals surface area contributed by atoms with Crippen molar-refractivity contribution < 1.29 is 24.2 Å². The highest BCUT2D eigenvalue weighted by molar-refractivity contribution is 5.88. The van der Waals surface area contributed by atoms with E-state index in [4.69, 9.17) is 4.74 Å². The first-order valence-corrected chi connectivity index (χ1v) is 12.7. The van der Waals surface area contributed by atoms with E-state index in [1.165, 1.54) is 0 Å². The lowest BCUT2D eigenvalue weighted by atomic mass is 9.89. The molecule has 2 heterocycles. The highest BCUT2D eigenvalue weighted by Gasteiger charge is 2.52. The average Bonchev–Trinajstić information content (AvgIpc) is 3.36. The monoisotopic (exact) mass is 474 g/mol. The molecule has 2 aromatic rings. The van der Waals surface area contributed by atoms with Crippen LogP contribution in [-0.2, 0) is 14.3 Å². The molecule has 35 heavy (non-hydrogen) atoms. The molecule has 0 spiro atoms. The van der Waals surface area contributed by atoms with Gasteiger partial charge in [-0.2, -0.15) is 0 Å². The van der Waals surface area contributed by atoms with E-state index in [2.05, 4.69) is 29.6 Å². The van der Waals surface area contributed by atoms with Gasteiger partial charge in [0.05, 0.1) is 5.92 Å². The Labute approximate surface area is 204 Å². The Morgan fingerprint density at radius 3 is 2.23 bits per heavy atom. The summed E-state index contributed by atoms with van der Waals surface area (Å²) < 4.78 is 5.70. The summed E-state index contributed by atoms with van der Waals surface area (Å²) in [5, 5.41) is 12.4. The minimum absolute atomic E-state index is 0.0420. The molecule has 4 aliphatic rings. The number of hydrogen-bond donors (Lipinski definition) is 2. The number of carboxylic acid groups (broad SMARTS) is 1. The first-order valence-electron chi connectivity index (χ1n) is 12.7. The standard InChI is InChI=1S/C28H30N2O5/c31-26(30-17-11-12-25(30)22(14-17)27(32)33)24(13-16-9-10-16)29-28(34)35-15-23-20-7-3-1-5-18(20)19-6-2-4-8-21(19)23/h1-8,16-17,22-25H,9-15H2,(H,29,34)(H,32,33)/t17-,22+,24?,25+/m0/s1. The maximum atomic E-state index is 13.5. The summed E-state index contributed by atoms with van der Waals surface area (Å²) >= 11 is 0. The Balaban J connectivity index is 1.14. The van der Waals surface area contributed by atoms with Crippen molar-refractivity contribution >= 4 is 18.0 Å².